The van der Waals surface area contributed by atoms with E-state index in [4.69, 9.17) is 0 Å². The Morgan fingerprint density at radius 1 is 1.58 bits per heavy atom. The Balaban J connectivity index is 2.04. The number of nitrogens with one attached hydrogen (secondary N) is 2. The van der Waals surface area contributed by atoms with Crippen molar-refractivity contribution in [3.05, 3.63) is 18.0 Å². The molecule has 0 radical (unpaired) electrons. The molecule has 2 N–H and O–H groups in total. The molecule has 1 rings (SSSR count). The van der Waals surface area contributed by atoms with E-state index < -0.39 is 6.43 Å². The first-order valence-electron chi connectivity index (χ1n) is 3.76. The summed E-state index contributed by atoms with van der Waals surface area (Å²) in [5.74, 6) is 0. The van der Waals surface area contributed by atoms with Gasteiger partial charge in [0.15, 0.2) is 0 Å². The summed E-state index contributed by atoms with van der Waals surface area (Å²) in [7, 11) is 0. The van der Waals surface area contributed by atoms with Gasteiger partial charge in [-0.2, -0.15) is 5.10 Å². The number of hydrogen-bond donors (Lipinski definition) is 2. The van der Waals surface area contributed by atoms with E-state index >= 15 is 0 Å². The van der Waals surface area contributed by atoms with Gasteiger partial charge in [-0.25, -0.2) is 8.78 Å². The van der Waals surface area contributed by atoms with E-state index in [9.17, 15) is 8.78 Å². The predicted octanol–water partition coefficient (Wildman–Crippen LogP) is 0.807. The number of aromatic amines is 1. The van der Waals surface area contributed by atoms with E-state index in [1.807, 2.05) is 6.07 Å². The summed E-state index contributed by atoms with van der Waals surface area (Å²) in [5, 5.41) is 9.11. The van der Waals surface area contributed by atoms with E-state index in [1.165, 1.54) is 0 Å². The van der Waals surface area contributed by atoms with Crippen molar-refractivity contribution in [2.24, 2.45) is 0 Å². The minimum absolute atomic E-state index is 0.242. The Labute approximate surface area is 69.2 Å². The quantitative estimate of drug-likeness (QED) is 0.650. The van der Waals surface area contributed by atoms with Gasteiger partial charge in [-0.1, -0.05) is 0 Å². The highest BCUT2D eigenvalue weighted by atomic mass is 19.3. The van der Waals surface area contributed by atoms with Gasteiger partial charge in [-0.3, -0.25) is 5.10 Å². The topological polar surface area (TPSA) is 40.7 Å². The van der Waals surface area contributed by atoms with Gasteiger partial charge in [-0.05, 0) is 6.07 Å². The zero-order chi connectivity index (χ0) is 8.81. The monoisotopic (exact) mass is 175 g/mol. The summed E-state index contributed by atoms with van der Waals surface area (Å²) in [6.07, 6.45) is 0.0709. The Kier molecular flexibility index (Phi) is 3.66. The standard InChI is InChI=1S/C7H11F2N3/c8-7(9)5-10-3-1-6-2-4-11-12-6/h2,4,7,10H,1,3,5H2,(H,11,12). The van der Waals surface area contributed by atoms with Crippen LogP contribution in [0.4, 0.5) is 8.78 Å². The van der Waals surface area contributed by atoms with Crippen molar-refractivity contribution in [2.75, 3.05) is 13.1 Å². The van der Waals surface area contributed by atoms with Gasteiger partial charge in [-0.15, -0.1) is 0 Å². The summed E-state index contributed by atoms with van der Waals surface area (Å²) < 4.78 is 23.2. The van der Waals surface area contributed by atoms with Crippen LogP contribution in [0.2, 0.25) is 0 Å². The maximum Gasteiger partial charge on any atom is 0.250 e. The molecule has 0 saturated heterocycles. The molecule has 0 unspecified atom stereocenters. The van der Waals surface area contributed by atoms with Crippen LogP contribution in [0, 0.1) is 0 Å². The fourth-order valence-corrected chi connectivity index (χ4v) is 0.858. The molecule has 12 heavy (non-hydrogen) atoms. The average molecular weight is 175 g/mol. The van der Waals surface area contributed by atoms with E-state index in [-0.39, 0.29) is 6.54 Å². The first-order chi connectivity index (χ1) is 5.79. The number of aromatic nitrogens is 2. The summed E-state index contributed by atoms with van der Waals surface area (Å²) in [6, 6.07) is 1.82. The SMILES string of the molecule is FC(F)CNCCc1ccn[nH]1. The molecule has 0 aromatic carbocycles. The Hall–Kier alpha value is -0.970. The number of rotatable bonds is 5. The van der Waals surface area contributed by atoms with Gasteiger partial charge in [0.2, 0.25) is 0 Å². The van der Waals surface area contributed by atoms with E-state index in [1.54, 1.807) is 6.20 Å². The predicted molar refractivity (Wildman–Crippen MR) is 41.2 cm³/mol. The molecule has 0 amide bonds. The summed E-state index contributed by atoms with van der Waals surface area (Å²) in [6.45, 7) is 0.306. The lowest BCUT2D eigenvalue weighted by Crippen LogP contribution is -2.23. The highest BCUT2D eigenvalue weighted by molar-refractivity contribution is 4.97. The average Bonchev–Trinajstić information content (AvgIpc) is 2.49. The Morgan fingerprint density at radius 2 is 2.42 bits per heavy atom. The first-order valence-corrected chi connectivity index (χ1v) is 3.76. The Morgan fingerprint density at radius 3 is 3.00 bits per heavy atom. The maximum atomic E-state index is 11.6. The minimum atomic E-state index is -2.27. The van der Waals surface area contributed by atoms with Crippen LogP contribution in [0.1, 0.15) is 5.69 Å². The van der Waals surface area contributed by atoms with Crippen molar-refractivity contribution in [2.45, 2.75) is 12.8 Å². The van der Waals surface area contributed by atoms with Crippen molar-refractivity contribution in [3.63, 3.8) is 0 Å². The Bertz CT molecular complexity index is 198. The molecule has 0 aliphatic heterocycles. The molecular weight excluding hydrogens is 164 g/mol. The van der Waals surface area contributed by atoms with Crippen LogP contribution in [0.3, 0.4) is 0 Å². The highest BCUT2D eigenvalue weighted by Gasteiger charge is 2.00. The van der Waals surface area contributed by atoms with E-state index in [0.717, 1.165) is 5.69 Å². The molecule has 0 saturated carbocycles. The summed E-state index contributed by atoms with van der Waals surface area (Å²) >= 11 is 0. The second kappa shape index (κ2) is 4.82. The third kappa shape index (κ3) is 3.43. The van der Waals surface area contributed by atoms with Crippen LogP contribution < -0.4 is 5.32 Å². The van der Waals surface area contributed by atoms with Crippen LogP contribution in [0.5, 0.6) is 0 Å². The molecule has 0 aliphatic rings. The number of hydrogen-bond acceptors (Lipinski definition) is 2. The molecular formula is C7H11F2N3. The van der Waals surface area contributed by atoms with E-state index in [0.29, 0.717) is 13.0 Å². The van der Waals surface area contributed by atoms with Crippen LogP contribution in [-0.4, -0.2) is 29.7 Å². The molecule has 1 aromatic rings. The second-order valence-electron chi connectivity index (χ2n) is 2.43. The van der Waals surface area contributed by atoms with Crippen molar-refractivity contribution < 1.29 is 8.78 Å². The third-order valence-corrected chi connectivity index (χ3v) is 1.43. The summed E-state index contributed by atoms with van der Waals surface area (Å²) in [4.78, 5) is 0. The van der Waals surface area contributed by atoms with Crippen molar-refractivity contribution in [1.82, 2.24) is 15.5 Å². The van der Waals surface area contributed by atoms with Gasteiger partial charge in [0.05, 0.1) is 6.54 Å². The molecule has 1 heterocycles. The largest absolute Gasteiger partial charge is 0.311 e. The smallest absolute Gasteiger partial charge is 0.250 e. The minimum Gasteiger partial charge on any atom is -0.311 e. The van der Waals surface area contributed by atoms with Crippen molar-refractivity contribution in [3.8, 4) is 0 Å². The van der Waals surface area contributed by atoms with Crippen LogP contribution in [-0.2, 0) is 6.42 Å². The zero-order valence-corrected chi connectivity index (χ0v) is 6.56. The van der Waals surface area contributed by atoms with Crippen molar-refractivity contribution >= 4 is 0 Å². The lowest BCUT2D eigenvalue weighted by atomic mass is 10.3. The van der Waals surface area contributed by atoms with Gasteiger partial charge < -0.3 is 5.32 Å². The number of nitrogens with zero attached hydrogens (tertiary/aromatic N) is 1. The lowest BCUT2D eigenvalue weighted by Gasteiger charge is -2.01. The summed E-state index contributed by atoms with van der Waals surface area (Å²) in [5.41, 5.74) is 0.955. The first kappa shape index (κ1) is 9.12. The molecule has 0 spiro atoms. The van der Waals surface area contributed by atoms with Gasteiger partial charge in [0.25, 0.3) is 6.43 Å². The van der Waals surface area contributed by atoms with Gasteiger partial charge in [0.1, 0.15) is 0 Å². The van der Waals surface area contributed by atoms with Crippen LogP contribution in [0.25, 0.3) is 0 Å². The number of H-pyrrole nitrogens is 1. The molecule has 0 fully saturated rings. The highest BCUT2D eigenvalue weighted by Crippen LogP contribution is 1.92. The maximum absolute atomic E-state index is 11.6. The van der Waals surface area contributed by atoms with Gasteiger partial charge in [0, 0.05) is 24.9 Å². The molecule has 68 valence electrons. The molecule has 3 nitrogen and oxygen atoms in total. The molecule has 0 aliphatic carbocycles. The second-order valence-corrected chi connectivity index (χ2v) is 2.43. The number of alkyl halides is 2. The van der Waals surface area contributed by atoms with Crippen molar-refractivity contribution in [1.29, 1.82) is 0 Å². The van der Waals surface area contributed by atoms with Crippen LogP contribution in [0.15, 0.2) is 12.3 Å². The zero-order valence-electron chi connectivity index (χ0n) is 6.56. The fourth-order valence-electron chi connectivity index (χ4n) is 0.858. The molecule has 0 atom stereocenters. The molecule has 1 aromatic heterocycles. The van der Waals surface area contributed by atoms with E-state index in [2.05, 4.69) is 15.5 Å². The normalized spacial score (nSPS) is 10.9. The molecule has 5 heteroatoms. The van der Waals surface area contributed by atoms with Crippen LogP contribution >= 0.6 is 0 Å². The fraction of sp³-hybridized carbons (Fsp3) is 0.571. The lowest BCUT2D eigenvalue weighted by molar-refractivity contribution is 0.146. The van der Waals surface area contributed by atoms with Gasteiger partial charge >= 0.3 is 0 Å². The molecule has 0 bridgehead atoms. The number of halogens is 2. The third-order valence-electron chi connectivity index (χ3n) is 1.43.